The van der Waals surface area contributed by atoms with E-state index in [1.807, 2.05) is 88.4 Å². The first-order valence-corrected chi connectivity index (χ1v) is 16.9. The van der Waals surface area contributed by atoms with Crippen LogP contribution in [0.1, 0.15) is 55.8 Å². The number of ether oxygens (including phenoxy) is 2. The van der Waals surface area contributed by atoms with Gasteiger partial charge in [0.15, 0.2) is 0 Å². The largest absolute Gasteiger partial charge is 0.463 e. The van der Waals surface area contributed by atoms with Crippen LogP contribution in [0.3, 0.4) is 0 Å². The number of cyclic esters (lactones) is 1. The van der Waals surface area contributed by atoms with E-state index in [-0.39, 0.29) is 43.9 Å². The summed E-state index contributed by atoms with van der Waals surface area (Å²) in [5.74, 6) is -3.39. The van der Waals surface area contributed by atoms with Crippen LogP contribution in [0.15, 0.2) is 72.8 Å². The van der Waals surface area contributed by atoms with Crippen molar-refractivity contribution in [3.05, 3.63) is 89.5 Å². The normalized spacial score (nSPS) is 30.4. The van der Waals surface area contributed by atoms with Crippen LogP contribution in [0.4, 0.5) is 5.69 Å². The van der Waals surface area contributed by atoms with Crippen LogP contribution in [0.2, 0.25) is 0 Å². The molecule has 254 valence electrons. The molecule has 0 unspecified atom stereocenters. The predicted octanol–water partition coefficient (Wildman–Crippen LogP) is 3.94. The lowest BCUT2D eigenvalue weighted by Crippen LogP contribution is -2.59. The van der Waals surface area contributed by atoms with E-state index in [0.717, 1.165) is 16.7 Å². The average molecular weight is 656 g/mol. The van der Waals surface area contributed by atoms with Crippen molar-refractivity contribution in [2.45, 2.75) is 76.8 Å². The standard InChI is InChI=1S/C38H45N3O7/c1-23(2)19-27(21-42)41-34-37(46)40(29-20-24(3)14-15-25(29)4)18-10-6-9-13-31(43)47-22-28(26-11-7-5-8-12-26)39-35(44)32-30-16-17-38(34,48-30)33(32)36(41)45/h5-8,10-12,14-17,20,23,27-28,30,32-34,42H,9,13,18-19,21-22H2,1-4H3,(H,39,44)/b10-6-/t27-,28-,30-,32+,33+,34-,38+/m1/s1. The molecule has 10 nitrogen and oxygen atoms in total. The summed E-state index contributed by atoms with van der Waals surface area (Å²) >= 11 is 0. The molecule has 0 aromatic heterocycles. The number of anilines is 1. The molecule has 2 aromatic carbocycles. The Morgan fingerprint density at radius 3 is 2.52 bits per heavy atom. The van der Waals surface area contributed by atoms with Crippen molar-refractivity contribution < 1.29 is 33.8 Å². The number of hydrogen-bond donors (Lipinski definition) is 2. The fourth-order valence-corrected chi connectivity index (χ4v) is 7.79. The number of nitrogens with one attached hydrogen (secondary N) is 1. The highest BCUT2D eigenvalue weighted by Crippen LogP contribution is 2.56. The van der Waals surface area contributed by atoms with Gasteiger partial charge < -0.3 is 29.7 Å². The Bertz CT molecular complexity index is 1620. The minimum Gasteiger partial charge on any atom is -0.463 e. The molecule has 4 aliphatic heterocycles. The number of allylic oxidation sites excluding steroid dienone is 1. The zero-order chi connectivity index (χ0) is 34.2. The molecular weight excluding hydrogens is 610 g/mol. The van der Waals surface area contributed by atoms with Crippen molar-refractivity contribution >= 4 is 29.4 Å². The van der Waals surface area contributed by atoms with E-state index in [1.165, 1.54) is 4.90 Å². The molecular formula is C38H45N3O7. The number of benzene rings is 2. The van der Waals surface area contributed by atoms with E-state index >= 15 is 4.79 Å². The first-order chi connectivity index (χ1) is 23.1. The Morgan fingerprint density at radius 1 is 1.02 bits per heavy atom. The van der Waals surface area contributed by atoms with Gasteiger partial charge in [-0.3, -0.25) is 19.2 Å². The SMILES string of the molecule is Cc1ccc(C)c(N2C/C=C\CCC(=O)OC[C@H](c3ccccc3)NC(=O)[C@@H]3[C@H]4C(=O)N([C@@H](CO)CC(C)C)[C@H](C2=O)[C@]42C=C[C@H]3O2)c1. The van der Waals surface area contributed by atoms with Gasteiger partial charge in [0.2, 0.25) is 11.8 Å². The van der Waals surface area contributed by atoms with Gasteiger partial charge in [-0.25, -0.2) is 0 Å². The minimum atomic E-state index is -1.41. The fourth-order valence-electron chi connectivity index (χ4n) is 7.79. The van der Waals surface area contributed by atoms with Gasteiger partial charge in [-0.2, -0.15) is 0 Å². The molecule has 6 rings (SSSR count). The van der Waals surface area contributed by atoms with E-state index in [2.05, 4.69) is 5.32 Å². The second kappa shape index (κ2) is 13.7. The summed E-state index contributed by atoms with van der Waals surface area (Å²) in [6.07, 6.45) is 7.53. The number of esters is 1. The molecule has 3 amide bonds. The Balaban J connectivity index is 1.48. The molecule has 2 fully saturated rings. The molecule has 0 saturated carbocycles. The summed E-state index contributed by atoms with van der Waals surface area (Å²) in [6, 6.07) is 12.7. The highest BCUT2D eigenvalue weighted by Gasteiger charge is 2.74. The number of amides is 3. The number of aliphatic hydroxyl groups excluding tert-OH is 1. The first-order valence-electron chi connectivity index (χ1n) is 16.9. The molecule has 4 heterocycles. The second-order valence-electron chi connectivity index (χ2n) is 13.8. The molecule has 0 radical (unpaired) electrons. The van der Waals surface area contributed by atoms with Crippen LogP contribution < -0.4 is 10.2 Å². The van der Waals surface area contributed by atoms with Crippen LogP contribution in [-0.4, -0.2) is 77.2 Å². The number of carbonyl (C=O) groups excluding carboxylic acids is 4. The Labute approximate surface area is 281 Å². The van der Waals surface area contributed by atoms with Crippen molar-refractivity contribution in [1.29, 1.82) is 0 Å². The molecule has 4 aliphatic rings. The molecule has 1 spiro atoms. The Hall–Kier alpha value is -4.28. The maximum Gasteiger partial charge on any atom is 0.306 e. The summed E-state index contributed by atoms with van der Waals surface area (Å²) in [7, 11) is 0. The maximum atomic E-state index is 15.1. The van der Waals surface area contributed by atoms with Crippen molar-refractivity contribution in [2.75, 3.05) is 24.7 Å². The van der Waals surface area contributed by atoms with Crippen LogP contribution in [0.25, 0.3) is 0 Å². The summed E-state index contributed by atoms with van der Waals surface area (Å²) in [5.41, 5.74) is 1.87. The zero-order valence-electron chi connectivity index (χ0n) is 28.0. The lowest BCUT2D eigenvalue weighted by molar-refractivity contribution is -0.146. The van der Waals surface area contributed by atoms with E-state index in [0.29, 0.717) is 18.5 Å². The summed E-state index contributed by atoms with van der Waals surface area (Å²) in [6.45, 7) is 7.65. The number of likely N-dealkylation sites (tertiary alicyclic amines) is 1. The highest BCUT2D eigenvalue weighted by molar-refractivity contribution is 6.06. The van der Waals surface area contributed by atoms with Crippen molar-refractivity contribution in [3.8, 4) is 0 Å². The first kappa shape index (κ1) is 33.6. The van der Waals surface area contributed by atoms with Gasteiger partial charge in [0.05, 0.1) is 36.6 Å². The quantitative estimate of drug-likeness (QED) is 0.357. The van der Waals surface area contributed by atoms with Crippen molar-refractivity contribution in [3.63, 3.8) is 0 Å². The van der Waals surface area contributed by atoms with Gasteiger partial charge in [-0.1, -0.05) is 80.6 Å². The molecule has 0 aliphatic carbocycles. The number of aryl methyl sites for hydroxylation is 2. The van der Waals surface area contributed by atoms with E-state index in [1.54, 1.807) is 17.1 Å². The molecule has 48 heavy (non-hydrogen) atoms. The smallest absolute Gasteiger partial charge is 0.306 e. The van der Waals surface area contributed by atoms with E-state index in [4.69, 9.17) is 9.47 Å². The number of aliphatic hydroxyl groups is 1. The number of hydrogen-bond acceptors (Lipinski definition) is 7. The summed E-state index contributed by atoms with van der Waals surface area (Å²) in [5, 5.41) is 13.7. The number of fused-ring (bicyclic) bond motifs is 2. The molecule has 7 atom stereocenters. The fraction of sp³-hybridized carbons (Fsp3) is 0.474. The maximum absolute atomic E-state index is 15.1. The highest BCUT2D eigenvalue weighted by atomic mass is 16.5. The Morgan fingerprint density at radius 2 is 1.79 bits per heavy atom. The van der Waals surface area contributed by atoms with Gasteiger partial charge in [0.1, 0.15) is 18.2 Å². The van der Waals surface area contributed by atoms with Crippen LogP contribution in [0.5, 0.6) is 0 Å². The van der Waals surface area contributed by atoms with Crippen LogP contribution in [0, 0.1) is 31.6 Å². The van der Waals surface area contributed by atoms with E-state index in [9.17, 15) is 19.5 Å². The molecule has 2 N–H and O–H groups in total. The second-order valence-corrected chi connectivity index (χ2v) is 13.8. The molecule has 10 heteroatoms. The van der Waals surface area contributed by atoms with Gasteiger partial charge in [-0.05, 0) is 55.4 Å². The van der Waals surface area contributed by atoms with Crippen LogP contribution in [-0.2, 0) is 28.7 Å². The average Bonchev–Trinajstić information content (AvgIpc) is 3.71. The summed E-state index contributed by atoms with van der Waals surface area (Å²) < 4.78 is 12.3. The third kappa shape index (κ3) is 6.07. The summed E-state index contributed by atoms with van der Waals surface area (Å²) in [4.78, 5) is 60.1. The van der Waals surface area contributed by atoms with Crippen LogP contribution >= 0.6 is 0 Å². The molecule has 2 aromatic rings. The van der Waals surface area contributed by atoms with Crippen molar-refractivity contribution in [2.24, 2.45) is 17.8 Å². The van der Waals surface area contributed by atoms with Crippen molar-refractivity contribution in [1.82, 2.24) is 10.2 Å². The third-order valence-corrected chi connectivity index (χ3v) is 10.0. The molecule has 2 saturated heterocycles. The number of rotatable bonds is 6. The monoisotopic (exact) mass is 655 g/mol. The zero-order valence-corrected chi connectivity index (χ0v) is 28.0. The predicted molar refractivity (Wildman–Crippen MR) is 180 cm³/mol. The van der Waals surface area contributed by atoms with Gasteiger partial charge in [0, 0.05) is 18.7 Å². The minimum absolute atomic E-state index is 0.0786. The number of nitrogens with zero attached hydrogens (tertiary/aromatic N) is 2. The van der Waals surface area contributed by atoms with Gasteiger partial charge in [0.25, 0.3) is 5.91 Å². The molecule has 5 bridgehead atoms. The lowest BCUT2D eigenvalue weighted by Gasteiger charge is -2.39. The topological polar surface area (TPSA) is 125 Å². The van der Waals surface area contributed by atoms with Gasteiger partial charge >= 0.3 is 5.97 Å². The Kier molecular flexibility index (Phi) is 9.58. The van der Waals surface area contributed by atoms with E-state index < -0.39 is 53.5 Å². The lowest BCUT2D eigenvalue weighted by atomic mass is 9.74. The number of carbonyl (C=O) groups is 4. The third-order valence-electron chi connectivity index (χ3n) is 10.0. The van der Waals surface area contributed by atoms with Gasteiger partial charge in [-0.15, -0.1) is 0 Å².